The third-order valence-electron chi connectivity index (χ3n) is 5.03. The summed E-state index contributed by atoms with van der Waals surface area (Å²) in [6.07, 6.45) is 6.27. The molecule has 1 aromatic rings. The van der Waals surface area contributed by atoms with E-state index in [9.17, 15) is 9.59 Å². The van der Waals surface area contributed by atoms with Gasteiger partial charge in [0.05, 0.1) is 0 Å². The Kier molecular flexibility index (Phi) is 8.13. The summed E-state index contributed by atoms with van der Waals surface area (Å²) in [4.78, 5) is 26.7. The first kappa shape index (κ1) is 19.6. The van der Waals surface area contributed by atoms with Gasteiger partial charge in [-0.1, -0.05) is 37.6 Å². The average molecular weight is 344 g/mol. The molecule has 1 atom stereocenters. The zero-order valence-electron chi connectivity index (χ0n) is 15.7. The van der Waals surface area contributed by atoms with Crippen LogP contribution in [0.5, 0.6) is 0 Å². The number of rotatable bonds is 9. The lowest BCUT2D eigenvalue weighted by Gasteiger charge is -2.32. The van der Waals surface area contributed by atoms with Gasteiger partial charge >= 0.3 is 0 Å². The molecular formula is C21H32N2O2. The second-order valence-corrected chi connectivity index (χ2v) is 7.13. The summed E-state index contributed by atoms with van der Waals surface area (Å²) in [6.45, 7) is 4.78. The molecule has 2 rings (SSSR count). The zero-order chi connectivity index (χ0) is 18.1. The van der Waals surface area contributed by atoms with Crippen molar-refractivity contribution in [3.63, 3.8) is 0 Å². The molecule has 25 heavy (non-hydrogen) atoms. The predicted octanol–water partition coefficient (Wildman–Crippen LogP) is 3.45. The van der Waals surface area contributed by atoms with Crippen LogP contribution in [0.15, 0.2) is 24.3 Å². The normalized spacial score (nSPS) is 17.5. The van der Waals surface area contributed by atoms with Gasteiger partial charge in [-0.3, -0.25) is 9.59 Å². The second kappa shape index (κ2) is 10.3. The number of ketones is 1. The molecule has 0 aliphatic carbocycles. The Morgan fingerprint density at radius 2 is 1.96 bits per heavy atom. The molecule has 0 saturated carbocycles. The van der Waals surface area contributed by atoms with Crippen molar-refractivity contribution in [3.8, 4) is 0 Å². The van der Waals surface area contributed by atoms with E-state index in [2.05, 4.69) is 12.2 Å². The summed E-state index contributed by atoms with van der Waals surface area (Å²) in [5.74, 6) is 0.724. The molecule has 0 aromatic heterocycles. The topological polar surface area (TPSA) is 49.4 Å². The van der Waals surface area contributed by atoms with Crippen molar-refractivity contribution in [2.75, 3.05) is 26.7 Å². The number of Topliss-reactive ketones (excluding diaryl/α,β-unsaturated/α-hetero) is 1. The molecule has 1 unspecified atom stereocenters. The monoisotopic (exact) mass is 344 g/mol. The van der Waals surface area contributed by atoms with Gasteiger partial charge in [0.15, 0.2) is 5.78 Å². The number of carbonyl (C=O) groups excluding carboxylic acids is 2. The van der Waals surface area contributed by atoms with Crippen LogP contribution in [0.3, 0.4) is 0 Å². The Morgan fingerprint density at radius 1 is 1.20 bits per heavy atom. The van der Waals surface area contributed by atoms with Crippen molar-refractivity contribution in [2.24, 2.45) is 5.92 Å². The highest BCUT2D eigenvalue weighted by molar-refractivity contribution is 5.98. The smallest absolute Gasteiger partial charge is 0.223 e. The molecule has 1 saturated heterocycles. The maximum Gasteiger partial charge on any atom is 0.223 e. The molecule has 4 nitrogen and oxygen atoms in total. The highest BCUT2D eigenvalue weighted by Crippen LogP contribution is 2.17. The fourth-order valence-corrected chi connectivity index (χ4v) is 3.51. The number of amides is 1. The number of likely N-dealkylation sites (tertiary alicyclic amines) is 1. The molecule has 0 radical (unpaired) electrons. The largest absolute Gasteiger partial charge is 0.342 e. The average Bonchev–Trinajstić information content (AvgIpc) is 2.65. The molecule has 1 aromatic carbocycles. The summed E-state index contributed by atoms with van der Waals surface area (Å²) in [7, 11) is 1.95. The van der Waals surface area contributed by atoms with E-state index in [-0.39, 0.29) is 11.7 Å². The van der Waals surface area contributed by atoms with E-state index in [1.54, 1.807) is 0 Å². The Hall–Kier alpha value is -1.68. The Morgan fingerprint density at radius 3 is 2.64 bits per heavy atom. The van der Waals surface area contributed by atoms with Gasteiger partial charge < -0.3 is 10.2 Å². The molecule has 0 spiro atoms. The van der Waals surface area contributed by atoms with E-state index in [0.717, 1.165) is 38.0 Å². The second-order valence-electron chi connectivity index (χ2n) is 7.13. The third-order valence-corrected chi connectivity index (χ3v) is 5.03. The van der Waals surface area contributed by atoms with Crippen LogP contribution in [-0.2, 0) is 11.2 Å². The van der Waals surface area contributed by atoms with Gasteiger partial charge in [-0.2, -0.15) is 0 Å². The Bertz CT molecular complexity index is 552. The van der Waals surface area contributed by atoms with Crippen LogP contribution in [-0.4, -0.2) is 43.3 Å². The molecule has 0 bridgehead atoms. The van der Waals surface area contributed by atoms with E-state index >= 15 is 0 Å². The van der Waals surface area contributed by atoms with Gasteiger partial charge in [-0.05, 0) is 50.8 Å². The molecule has 1 heterocycles. The van der Waals surface area contributed by atoms with Gasteiger partial charge in [0.25, 0.3) is 0 Å². The van der Waals surface area contributed by atoms with E-state index in [1.807, 2.05) is 36.2 Å². The zero-order valence-corrected chi connectivity index (χ0v) is 15.7. The molecule has 1 fully saturated rings. The number of piperidine rings is 1. The van der Waals surface area contributed by atoms with Crippen LogP contribution in [0.2, 0.25) is 0 Å². The van der Waals surface area contributed by atoms with E-state index in [1.165, 1.54) is 24.8 Å². The molecule has 1 N–H and O–H groups in total. The van der Waals surface area contributed by atoms with Crippen LogP contribution in [0.1, 0.15) is 61.4 Å². The molecule has 1 aliphatic heterocycles. The third kappa shape index (κ3) is 6.28. The minimum Gasteiger partial charge on any atom is -0.342 e. The van der Waals surface area contributed by atoms with E-state index < -0.39 is 0 Å². The van der Waals surface area contributed by atoms with Crippen LogP contribution < -0.4 is 5.32 Å². The number of unbranched alkanes of at least 4 members (excludes halogenated alkanes) is 1. The first-order chi connectivity index (χ1) is 12.1. The minimum absolute atomic E-state index is 0.0687. The first-order valence-corrected chi connectivity index (χ1v) is 9.68. The number of aryl methyl sites for hydroxylation is 1. The highest BCUT2D eigenvalue weighted by Gasteiger charge is 2.23. The lowest BCUT2D eigenvalue weighted by Crippen LogP contribution is -2.42. The summed E-state index contributed by atoms with van der Waals surface area (Å²) < 4.78 is 0. The van der Waals surface area contributed by atoms with Gasteiger partial charge in [0, 0.05) is 31.5 Å². The van der Waals surface area contributed by atoms with Crippen molar-refractivity contribution in [1.82, 2.24) is 10.2 Å². The highest BCUT2D eigenvalue weighted by atomic mass is 16.2. The number of hydrogen-bond donors (Lipinski definition) is 1. The first-order valence-electron chi connectivity index (χ1n) is 9.68. The SMILES string of the molecule is CCCCc1ccc(C(=O)CCC(=O)N2CCCC(CNC)C2)cc1. The molecule has 1 amide bonds. The van der Waals surface area contributed by atoms with Gasteiger partial charge in [-0.25, -0.2) is 0 Å². The fraction of sp³-hybridized carbons (Fsp3) is 0.619. The number of hydrogen-bond acceptors (Lipinski definition) is 3. The summed E-state index contributed by atoms with van der Waals surface area (Å²) in [5, 5.41) is 3.19. The standard InChI is InChI=1S/C21H32N2O2/c1-3-4-6-17-8-10-19(11-9-17)20(24)12-13-21(25)23-14-5-7-18(16-23)15-22-2/h8-11,18,22H,3-7,12-16H2,1-2H3. The van der Waals surface area contributed by atoms with E-state index in [0.29, 0.717) is 18.8 Å². The summed E-state index contributed by atoms with van der Waals surface area (Å²) >= 11 is 0. The molecule has 138 valence electrons. The maximum absolute atomic E-state index is 12.4. The van der Waals surface area contributed by atoms with Crippen molar-refractivity contribution < 1.29 is 9.59 Å². The van der Waals surface area contributed by atoms with Crippen LogP contribution >= 0.6 is 0 Å². The van der Waals surface area contributed by atoms with Crippen molar-refractivity contribution in [1.29, 1.82) is 0 Å². The number of benzene rings is 1. The molecule has 1 aliphatic rings. The molecular weight excluding hydrogens is 312 g/mol. The quantitative estimate of drug-likeness (QED) is 0.698. The lowest BCUT2D eigenvalue weighted by atomic mass is 9.97. The van der Waals surface area contributed by atoms with Gasteiger partial charge in [0.1, 0.15) is 0 Å². The lowest BCUT2D eigenvalue weighted by molar-refractivity contribution is -0.132. The summed E-state index contributed by atoms with van der Waals surface area (Å²) in [5.41, 5.74) is 2.00. The minimum atomic E-state index is 0.0687. The maximum atomic E-state index is 12.4. The van der Waals surface area contributed by atoms with Gasteiger partial charge in [0.2, 0.25) is 5.91 Å². The van der Waals surface area contributed by atoms with Gasteiger partial charge in [-0.15, -0.1) is 0 Å². The van der Waals surface area contributed by atoms with Crippen LogP contribution in [0.4, 0.5) is 0 Å². The van der Waals surface area contributed by atoms with E-state index in [4.69, 9.17) is 0 Å². The molecule has 4 heteroatoms. The summed E-state index contributed by atoms with van der Waals surface area (Å²) in [6, 6.07) is 7.89. The predicted molar refractivity (Wildman–Crippen MR) is 102 cm³/mol. The Balaban J connectivity index is 1.79. The van der Waals surface area contributed by atoms with Crippen molar-refractivity contribution >= 4 is 11.7 Å². The number of nitrogens with one attached hydrogen (secondary N) is 1. The Labute approximate surface area is 152 Å². The fourth-order valence-electron chi connectivity index (χ4n) is 3.51. The van der Waals surface area contributed by atoms with Crippen molar-refractivity contribution in [3.05, 3.63) is 35.4 Å². The number of carbonyl (C=O) groups is 2. The van der Waals surface area contributed by atoms with Crippen LogP contribution in [0.25, 0.3) is 0 Å². The number of nitrogens with zero attached hydrogens (tertiary/aromatic N) is 1. The van der Waals surface area contributed by atoms with Crippen molar-refractivity contribution in [2.45, 2.75) is 51.9 Å². The van der Waals surface area contributed by atoms with Crippen LogP contribution in [0, 0.1) is 5.92 Å².